The molecule has 2 aliphatic heterocycles. The average Bonchev–Trinajstić information content (AvgIpc) is 2.96. The standard InChI is InChI=1S/2C14H19NO4/c2*16-9-12-8-15(7-6-13(12)17)14(18)19-10-11-4-2-1-3-5-11/h2*1-5,12-13,16-17H,6-10H2/t2*12-,13+/m10/s1. The minimum absolute atomic E-state index is 0.121. The van der Waals surface area contributed by atoms with Crippen LogP contribution in [0.15, 0.2) is 60.7 Å². The number of hydrogen-bond acceptors (Lipinski definition) is 8. The first-order chi connectivity index (χ1) is 18.4. The molecule has 2 aliphatic rings. The number of nitrogens with zero attached hydrogens (tertiary/aromatic N) is 2. The fourth-order valence-electron chi connectivity index (χ4n) is 4.35. The van der Waals surface area contributed by atoms with Crippen molar-refractivity contribution in [2.45, 2.75) is 38.3 Å². The molecule has 2 aromatic rings. The van der Waals surface area contributed by atoms with Crippen molar-refractivity contribution in [2.24, 2.45) is 11.8 Å². The van der Waals surface area contributed by atoms with Crippen LogP contribution < -0.4 is 0 Å². The lowest BCUT2D eigenvalue weighted by Crippen LogP contribution is -2.47. The zero-order valence-electron chi connectivity index (χ0n) is 21.5. The number of ether oxygens (including phenoxy) is 2. The molecule has 2 fully saturated rings. The van der Waals surface area contributed by atoms with E-state index in [2.05, 4.69) is 0 Å². The minimum atomic E-state index is -0.539. The predicted molar refractivity (Wildman–Crippen MR) is 139 cm³/mol. The third-order valence-corrected chi connectivity index (χ3v) is 6.78. The third-order valence-electron chi connectivity index (χ3n) is 6.78. The largest absolute Gasteiger partial charge is 0.445 e. The van der Waals surface area contributed by atoms with Gasteiger partial charge in [0.1, 0.15) is 13.2 Å². The van der Waals surface area contributed by atoms with Gasteiger partial charge in [0.15, 0.2) is 0 Å². The highest BCUT2D eigenvalue weighted by atomic mass is 16.6. The van der Waals surface area contributed by atoms with E-state index in [1.807, 2.05) is 60.7 Å². The summed E-state index contributed by atoms with van der Waals surface area (Å²) < 4.78 is 10.4. The molecule has 4 rings (SSSR count). The van der Waals surface area contributed by atoms with Crippen LogP contribution in [0, 0.1) is 11.8 Å². The number of piperidine rings is 2. The van der Waals surface area contributed by atoms with Gasteiger partial charge in [-0.25, -0.2) is 9.59 Å². The normalized spacial score (nSPS) is 23.2. The molecule has 4 N–H and O–H groups in total. The highest BCUT2D eigenvalue weighted by molar-refractivity contribution is 5.68. The number of carbonyl (C=O) groups is 2. The lowest BCUT2D eigenvalue weighted by Gasteiger charge is -2.34. The Hall–Kier alpha value is -3.18. The highest BCUT2D eigenvalue weighted by Gasteiger charge is 2.31. The minimum Gasteiger partial charge on any atom is -0.445 e. The number of aliphatic hydroxyl groups is 4. The predicted octanol–water partition coefficient (Wildman–Crippen LogP) is 2.00. The van der Waals surface area contributed by atoms with E-state index < -0.39 is 24.4 Å². The van der Waals surface area contributed by atoms with Crippen molar-refractivity contribution in [3.63, 3.8) is 0 Å². The van der Waals surface area contributed by atoms with Crippen LogP contribution >= 0.6 is 0 Å². The summed E-state index contributed by atoms with van der Waals surface area (Å²) in [4.78, 5) is 26.8. The van der Waals surface area contributed by atoms with E-state index in [0.717, 1.165) is 11.1 Å². The van der Waals surface area contributed by atoms with Crippen LogP contribution in [0.4, 0.5) is 9.59 Å². The smallest absolute Gasteiger partial charge is 0.410 e. The fraction of sp³-hybridized carbons (Fsp3) is 0.500. The number of likely N-dealkylation sites (tertiary alicyclic amines) is 2. The average molecular weight is 531 g/mol. The van der Waals surface area contributed by atoms with E-state index in [9.17, 15) is 19.8 Å². The van der Waals surface area contributed by atoms with Crippen molar-refractivity contribution in [3.05, 3.63) is 71.8 Å². The Bertz CT molecular complexity index is 898. The molecule has 4 atom stereocenters. The summed E-state index contributed by atoms with van der Waals surface area (Å²) in [6.07, 6.45) is -0.910. The Morgan fingerprint density at radius 2 is 1.05 bits per heavy atom. The number of carbonyl (C=O) groups excluding carboxylic acids is 2. The number of rotatable bonds is 6. The SMILES string of the molecule is O=C(OCc1ccccc1)N1CC[C@@H](O)[C@H](CO)C1.O=C(OCc1ccccc1)N1CC[C@H](O)[C@@H](CO)C1. The second-order valence-corrected chi connectivity index (χ2v) is 9.57. The monoisotopic (exact) mass is 530 g/mol. The molecule has 2 amide bonds. The molecule has 2 saturated heterocycles. The number of aliphatic hydroxyl groups excluding tert-OH is 4. The van der Waals surface area contributed by atoms with Gasteiger partial charge in [0.05, 0.1) is 25.4 Å². The summed E-state index contributed by atoms with van der Waals surface area (Å²) in [6, 6.07) is 18.9. The van der Waals surface area contributed by atoms with Crippen LogP contribution in [0.25, 0.3) is 0 Å². The lowest BCUT2D eigenvalue weighted by atomic mass is 9.96. The molecular weight excluding hydrogens is 492 g/mol. The quantitative estimate of drug-likeness (QED) is 0.445. The van der Waals surface area contributed by atoms with Crippen LogP contribution in [0.3, 0.4) is 0 Å². The van der Waals surface area contributed by atoms with Gasteiger partial charge in [-0.3, -0.25) is 0 Å². The van der Waals surface area contributed by atoms with Crippen LogP contribution in [-0.4, -0.2) is 94.0 Å². The fourth-order valence-corrected chi connectivity index (χ4v) is 4.35. The van der Waals surface area contributed by atoms with E-state index in [4.69, 9.17) is 19.7 Å². The second-order valence-electron chi connectivity index (χ2n) is 9.57. The third kappa shape index (κ3) is 8.98. The molecule has 0 radical (unpaired) electrons. The highest BCUT2D eigenvalue weighted by Crippen LogP contribution is 2.19. The first-order valence-electron chi connectivity index (χ1n) is 12.9. The Kier molecular flexibility index (Phi) is 11.8. The Labute approximate surface area is 223 Å². The summed E-state index contributed by atoms with van der Waals surface area (Å²) in [5.41, 5.74) is 1.87. The molecule has 0 aliphatic carbocycles. The van der Waals surface area contributed by atoms with E-state index in [1.165, 1.54) is 9.80 Å². The van der Waals surface area contributed by atoms with Crippen molar-refractivity contribution >= 4 is 12.2 Å². The lowest BCUT2D eigenvalue weighted by molar-refractivity contribution is -0.00292. The first kappa shape index (κ1) is 29.4. The molecule has 0 aromatic heterocycles. The van der Waals surface area contributed by atoms with Gasteiger partial charge in [-0.2, -0.15) is 0 Å². The zero-order chi connectivity index (χ0) is 27.3. The summed E-state index contributed by atoms with van der Waals surface area (Å²) >= 11 is 0. The van der Waals surface area contributed by atoms with Crippen LogP contribution in [0.2, 0.25) is 0 Å². The van der Waals surface area contributed by atoms with E-state index in [0.29, 0.717) is 39.0 Å². The molecule has 10 heteroatoms. The molecule has 2 aromatic carbocycles. The van der Waals surface area contributed by atoms with Crippen molar-refractivity contribution in [3.8, 4) is 0 Å². The molecule has 0 bridgehead atoms. The van der Waals surface area contributed by atoms with E-state index >= 15 is 0 Å². The van der Waals surface area contributed by atoms with Gasteiger partial charge in [-0.15, -0.1) is 0 Å². The van der Waals surface area contributed by atoms with Crippen molar-refractivity contribution in [1.29, 1.82) is 0 Å². The number of benzene rings is 2. The van der Waals surface area contributed by atoms with Crippen LogP contribution in [0.1, 0.15) is 24.0 Å². The molecule has 10 nitrogen and oxygen atoms in total. The van der Waals surface area contributed by atoms with Gasteiger partial charge in [-0.05, 0) is 24.0 Å². The molecule has 2 heterocycles. The van der Waals surface area contributed by atoms with Crippen molar-refractivity contribution < 1.29 is 39.5 Å². The Balaban J connectivity index is 0.000000211. The van der Waals surface area contributed by atoms with Crippen LogP contribution in [0.5, 0.6) is 0 Å². The molecular formula is C28H38N2O8. The van der Waals surface area contributed by atoms with E-state index in [-0.39, 0.29) is 38.3 Å². The molecule has 208 valence electrons. The maximum Gasteiger partial charge on any atom is 0.410 e. The summed E-state index contributed by atoms with van der Waals surface area (Å²) in [5, 5.41) is 37.5. The van der Waals surface area contributed by atoms with Gasteiger partial charge < -0.3 is 39.7 Å². The van der Waals surface area contributed by atoms with Crippen molar-refractivity contribution in [2.75, 3.05) is 39.4 Å². The summed E-state index contributed by atoms with van der Waals surface area (Å²) in [5.74, 6) is -0.559. The Morgan fingerprint density at radius 1 is 0.684 bits per heavy atom. The molecule has 38 heavy (non-hydrogen) atoms. The maximum absolute atomic E-state index is 11.9. The topological polar surface area (TPSA) is 140 Å². The van der Waals surface area contributed by atoms with Gasteiger partial charge in [0.2, 0.25) is 0 Å². The maximum atomic E-state index is 11.9. The van der Waals surface area contributed by atoms with Gasteiger partial charge in [0.25, 0.3) is 0 Å². The first-order valence-corrected chi connectivity index (χ1v) is 12.9. The van der Waals surface area contributed by atoms with Crippen LogP contribution in [-0.2, 0) is 22.7 Å². The summed E-state index contributed by atoms with van der Waals surface area (Å²) in [6.45, 7) is 1.84. The van der Waals surface area contributed by atoms with Crippen molar-refractivity contribution in [1.82, 2.24) is 9.80 Å². The number of amides is 2. The molecule has 0 saturated carbocycles. The van der Waals surface area contributed by atoms with Gasteiger partial charge in [0, 0.05) is 38.0 Å². The molecule has 0 spiro atoms. The Morgan fingerprint density at radius 3 is 1.39 bits per heavy atom. The van der Waals surface area contributed by atoms with E-state index in [1.54, 1.807) is 0 Å². The summed E-state index contributed by atoms with van der Waals surface area (Å²) in [7, 11) is 0. The molecule has 0 unspecified atom stereocenters. The second kappa shape index (κ2) is 15.3. The zero-order valence-corrected chi connectivity index (χ0v) is 21.5. The van der Waals surface area contributed by atoms with Gasteiger partial charge >= 0.3 is 12.2 Å². The van der Waals surface area contributed by atoms with Gasteiger partial charge in [-0.1, -0.05) is 60.7 Å². The number of hydrogen-bond donors (Lipinski definition) is 4.